The monoisotopic (exact) mass is 305 g/mol. The number of hydrogen-bond donors (Lipinski definition) is 1. The van der Waals surface area contributed by atoms with Gasteiger partial charge in [0.2, 0.25) is 0 Å². The van der Waals surface area contributed by atoms with E-state index < -0.39 is 0 Å². The molecule has 0 spiro atoms. The Bertz CT molecular complexity index is 605. The van der Waals surface area contributed by atoms with Gasteiger partial charge in [0, 0.05) is 21.7 Å². The minimum Gasteiger partial charge on any atom is -0.487 e. The van der Waals surface area contributed by atoms with E-state index in [9.17, 15) is 0 Å². The Hall–Kier alpha value is -1.16. The van der Waals surface area contributed by atoms with Gasteiger partial charge in [0.05, 0.1) is 0 Å². The second-order valence-corrected chi connectivity index (χ2v) is 6.41. The fraction of sp³-hybridized carbons (Fsp3) is 0.250. The van der Waals surface area contributed by atoms with Gasteiger partial charge in [0.25, 0.3) is 0 Å². The van der Waals surface area contributed by atoms with Gasteiger partial charge in [0.15, 0.2) is 0 Å². The van der Waals surface area contributed by atoms with E-state index in [1.807, 2.05) is 48.2 Å². The molecule has 2 N–H and O–H groups in total. The molecule has 4 heteroatoms. The number of thioether (sulfide) groups is 1. The van der Waals surface area contributed by atoms with Crippen LogP contribution < -0.4 is 10.5 Å². The van der Waals surface area contributed by atoms with E-state index in [0.717, 1.165) is 28.5 Å². The topological polar surface area (TPSA) is 35.2 Å². The number of nitrogens with two attached hydrogens (primary N) is 1. The molecule has 0 aromatic heterocycles. The van der Waals surface area contributed by atoms with E-state index in [0.29, 0.717) is 0 Å². The van der Waals surface area contributed by atoms with Crippen LogP contribution in [0, 0.1) is 0 Å². The molecule has 0 fully saturated rings. The summed E-state index contributed by atoms with van der Waals surface area (Å²) in [5.41, 5.74) is 7.46. The SMILES string of the molecule is NC(Cc1cccc(Cl)c1)C1CSc2ccccc2O1. The fourth-order valence-electron chi connectivity index (χ4n) is 2.31. The van der Waals surface area contributed by atoms with Crippen LogP contribution in [0.25, 0.3) is 0 Å². The molecule has 0 aliphatic carbocycles. The molecule has 0 amide bonds. The highest BCUT2D eigenvalue weighted by molar-refractivity contribution is 7.99. The van der Waals surface area contributed by atoms with Gasteiger partial charge in [-0.3, -0.25) is 0 Å². The lowest BCUT2D eigenvalue weighted by molar-refractivity contribution is 0.184. The largest absolute Gasteiger partial charge is 0.487 e. The quantitative estimate of drug-likeness (QED) is 0.937. The van der Waals surface area contributed by atoms with E-state index >= 15 is 0 Å². The lowest BCUT2D eigenvalue weighted by atomic mass is 10.0. The first-order chi connectivity index (χ1) is 9.72. The van der Waals surface area contributed by atoms with Crippen LogP contribution >= 0.6 is 23.4 Å². The highest BCUT2D eigenvalue weighted by Crippen LogP contribution is 2.35. The van der Waals surface area contributed by atoms with Crippen LogP contribution in [-0.2, 0) is 6.42 Å². The second-order valence-electron chi connectivity index (χ2n) is 4.91. The number of fused-ring (bicyclic) bond motifs is 1. The summed E-state index contributed by atoms with van der Waals surface area (Å²) in [5, 5.41) is 0.749. The molecule has 2 unspecified atom stereocenters. The Morgan fingerprint density at radius 3 is 2.95 bits per heavy atom. The van der Waals surface area contributed by atoms with Gasteiger partial charge in [0.1, 0.15) is 11.9 Å². The first kappa shape index (κ1) is 13.8. The van der Waals surface area contributed by atoms with Crippen molar-refractivity contribution in [1.29, 1.82) is 0 Å². The van der Waals surface area contributed by atoms with Crippen molar-refractivity contribution >= 4 is 23.4 Å². The van der Waals surface area contributed by atoms with Crippen molar-refractivity contribution < 1.29 is 4.74 Å². The smallest absolute Gasteiger partial charge is 0.133 e. The zero-order valence-corrected chi connectivity index (χ0v) is 12.5. The Morgan fingerprint density at radius 1 is 1.25 bits per heavy atom. The van der Waals surface area contributed by atoms with Crippen LogP contribution in [-0.4, -0.2) is 17.9 Å². The number of ether oxygens (including phenoxy) is 1. The zero-order chi connectivity index (χ0) is 13.9. The molecule has 2 aromatic carbocycles. The molecule has 1 heterocycles. The minimum absolute atomic E-state index is 0.0330. The third-order valence-electron chi connectivity index (χ3n) is 3.37. The summed E-state index contributed by atoms with van der Waals surface area (Å²) >= 11 is 7.81. The highest BCUT2D eigenvalue weighted by atomic mass is 35.5. The van der Waals surface area contributed by atoms with Gasteiger partial charge in [-0.1, -0.05) is 35.9 Å². The van der Waals surface area contributed by atoms with Crippen molar-refractivity contribution in [2.45, 2.75) is 23.5 Å². The summed E-state index contributed by atoms with van der Waals surface area (Å²) in [7, 11) is 0. The summed E-state index contributed by atoms with van der Waals surface area (Å²) in [6.45, 7) is 0. The molecule has 0 bridgehead atoms. The van der Waals surface area contributed by atoms with Crippen molar-refractivity contribution in [3.05, 3.63) is 59.1 Å². The Balaban J connectivity index is 1.68. The van der Waals surface area contributed by atoms with Gasteiger partial charge in [-0.2, -0.15) is 0 Å². The molecule has 3 rings (SSSR count). The van der Waals surface area contributed by atoms with Crippen LogP contribution in [0.1, 0.15) is 5.56 Å². The summed E-state index contributed by atoms with van der Waals surface area (Å²) < 4.78 is 6.02. The Labute approximate surface area is 128 Å². The van der Waals surface area contributed by atoms with Crippen molar-refractivity contribution in [2.75, 3.05) is 5.75 Å². The van der Waals surface area contributed by atoms with E-state index in [1.165, 1.54) is 4.90 Å². The summed E-state index contributed by atoms with van der Waals surface area (Å²) in [5.74, 6) is 1.83. The first-order valence-electron chi connectivity index (χ1n) is 6.61. The molecule has 0 saturated carbocycles. The zero-order valence-electron chi connectivity index (χ0n) is 11.0. The van der Waals surface area contributed by atoms with Gasteiger partial charge in [-0.25, -0.2) is 0 Å². The molecule has 20 heavy (non-hydrogen) atoms. The molecule has 104 valence electrons. The molecule has 2 atom stereocenters. The second kappa shape index (κ2) is 6.08. The standard InChI is InChI=1S/C16H16ClNOS/c17-12-5-3-4-11(8-12)9-13(18)15-10-20-16-7-2-1-6-14(16)19-15/h1-8,13,15H,9-10,18H2. The number of para-hydroxylation sites is 1. The van der Waals surface area contributed by atoms with Crippen LogP contribution in [0.15, 0.2) is 53.4 Å². The highest BCUT2D eigenvalue weighted by Gasteiger charge is 2.25. The first-order valence-corrected chi connectivity index (χ1v) is 7.97. The van der Waals surface area contributed by atoms with Crippen molar-refractivity contribution in [2.24, 2.45) is 5.73 Å². The average molecular weight is 306 g/mol. The van der Waals surface area contributed by atoms with E-state index in [1.54, 1.807) is 0 Å². The number of rotatable bonds is 3. The van der Waals surface area contributed by atoms with E-state index in [2.05, 4.69) is 12.1 Å². The van der Waals surface area contributed by atoms with Gasteiger partial charge >= 0.3 is 0 Å². The Morgan fingerprint density at radius 2 is 2.10 bits per heavy atom. The predicted octanol–water partition coefficient (Wildman–Crippen LogP) is 3.76. The van der Waals surface area contributed by atoms with Crippen LogP contribution in [0.5, 0.6) is 5.75 Å². The fourth-order valence-corrected chi connectivity index (χ4v) is 3.62. The normalized spacial score (nSPS) is 19.0. The van der Waals surface area contributed by atoms with Gasteiger partial charge in [-0.15, -0.1) is 11.8 Å². The van der Waals surface area contributed by atoms with Crippen LogP contribution in [0.2, 0.25) is 5.02 Å². The van der Waals surface area contributed by atoms with Crippen molar-refractivity contribution in [3.8, 4) is 5.75 Å². The average Bonchev–Trinajstić information content (AvgIpc) is 2.47. The summed E-state index contributed by atoms with van der Waals surface area (Å²) in [4.78, 5) is 1.19. The number of halogens is 1. The third kappa shape index (κ3) is 3.11. The molecular weight excluding hydrogens is 290 g/mol. The molecule has 0 radical (unpaired) electrons. The van der Waals surface area contributed by atoms with Crippen LogP contribution in [0.4, 0.5) is 0 Å². The van der Waals surface area contributed by atoms with Gasteiger partial charge < -0.3 is 10.5 Å². The van der Waals surface area contributed by atoms with Crippen molar-refractivity contribution in [3.63, 3.8) is 0 Å². The lowest BCUT2D eigenvalue weighted by Crippen LogP contribution is -2.43. The molecule has 2 aromatic rings. The molecule has 1 aliphatic rings. The minimum atomic E-state index is -0.0330. The molecule has 1 aliphatic heterocycles. The van der Waals surface area contributed by atoms with E-state index in [-0.39, 0.29) is 12.1 Å². The summed E-state index contributed by atoms with van der Waals surface area (Å²) in [6, 6.07) is 15.9. The molecular formula is C16H16ClNOS. The van der Waals surface area contributed by atoms with Crippen molar-refractivity contribution in [1.82, 2.24) is 0 Å². The maximum absolute atomic E-state index is 6.31. The predicted molar refractivity (Wildman–Crippen MR) is 84.7 cm³/mol. The molecule has 0 saturated heterocycles. The molecule has 2 nitrogen and oxygen atoms in total. The summed E-state index contributed by atoms with van der Waals surface area (Å²) in [6.07, 6.45) is 0.808. The number of benzene rings is 2. The maximum Gasteiger partial charge on any atom is 0.133 e. The van der Waals surface area contributed by atoms with E-state index in [4.69, 9.17) is 22.1 Å². The lowest BCUT2D eigenvalue weighted by Gasteiger charge is -2.29. The van der Waals surface area contributed by atoms with Crippen LogP contribution in [0.3, 0.4) is 0 Å². The maximum atomic E-state index is 6.31. The Kier molecular flexibility index (Phi) is 4.20. The van der Waals surface area contributed by atoms with Gasteiger partial charge in [-0.05, 0) is 36.2 Å². The third-order valence-corrected chi connectivity index (χ3v) is 4.75. The number of hydrogen-bond acceptors (Lipinski definition) is 3.